The van der Waals surface area contributed by atoms with E-state index in [4.69, 9.17) is 0 Å². The van der Waals surface area contributed by atoms with Gasteiger partial charge in [0.1, 0.15) is 5.54 Å². The number of amides is 1. The Balaban J connectivity index is 2.67. The molecule has 0 bridgehead atoms. The molecule has 0 aromatic carbocycles. The van der Waals surface area contributed by atoms with E-state index in [9.17, 15) is 14.7 Å². The summed E-state index contributed by atoms with van der Waals surface area (Å²) in [6, 6.07) is 0. The zero-order chi connectivity index (χ0) is 15.2. The molecule has 2 N–H and O–H groups in total. The Morgan fingerprint density at radius 2 is 2.00 bits per heavy atom. The van der Waals surface area contributed by atoms with E-state index in [2.05, 4.69) is 11.4 Å². The first kappa shape index (κ1) is 16.7. The third-order valence-corrected chi connectivity index (χ3v) is 4.18. The first-order chi connectivity index (χ1) is 9.50. The van der Waals surface area contributed by atoms with Crippen molar-refractivity contribution in [1.82, 2.24) is 10.2 Å². The van der Waals surface area contributed by atoms with Gasteiger partial charge in [0.05, 0.1) is 6.54 Å². The molecule has 5 heteroatoms. The third-order valence-electron chi connectivity index (χ3n) is 4.18. The van der Waals surface area contributed by atoms with E-state index in [1.165, 1.54) is 0 Å². The molecule has 114 valence electrons. The number of carboxylic acid groups (broad SMARTS) is 1. The zero-order valence-corrected chi connectivity index (χ0v) is 12.7. The van der Waals surface area contributed by atoms with Crippen LogP contribution in [-0.4, -0.2) is 40.5 Å². The molecule has 0 fully saturated rings. The van der Waals surface area contributed by atoms with Crippen LogP contribution < -0.4 is 5.32 Å². The van der Waals surface area contributed by atoms with Crippen LogP contribution in [0.3, 0.4) is 0 Å². The zero-order valence-electron chi connectivity index (χ0n) is 12.7. The highest BCUT2D eigenvalue weighted by atomic mass is 16.4. The van der Waals surface area contributed by atoms with Crippen molar-refractivity contribution >= 4 is 11.9 Å². The molecule has 0 radical (unpaired) electrons. The number of nitrogens with zero attached hydrogens (tertiary/aromatic N) is 1. The van der Waals surface area contributed by atoms with E-state index in [0.29, 0.717) is 19.4 Å². The average molecular weight is 282 g/mol. The van der Waals surface area contributed by atoms with Gasteiger partial charge in [-0.15, -0.1) is 0 Å². The number of carboxylic acids is 1. The molecule has 0 aliphatic heterocycles. The largest absolute Gasteiger partial charge is 0.480 e. The molecule has 1 rings (SSSR count). The topological polar surface area (TPSA) is 69.6 Å². The summed E-state index contributed by atoms with van der Waals surface area (Å²) in [6.07, 6.45) is 6.07. The fraction of sp³-hybridized carbons (Fsp3) is 0.733. The molecular weight excluding hydrogens is 256 g/mol. The average Bonchev–Trinajstić information content (AvgIpc) is 2.95. The van der Waals surface area contributed by atoms with Crippen LogP contribution in [0.2, 0.25) is 0 Å². The summed E-state index contributed by atoms with van der Waals surface area (Å²) in [5, 5.41) is 12.3. The molecule has 0 aromatic heterocycles. The van der Waals surface area contributed by atoms with E-state index in [1.54, 1.807) is 4.90 Å². The van der Waals surface area contributed by atoms with Crippen molar-refractivity contribution in [2.75, 3.05) is 13.1 Å². The van der Waals surface area contributed by atoms with Crippen molar-refractivity contribution < 1.29 is 14.7 Å². The van der Waals surface area contributed by atoms with E-state index >= 15 is 0 Å². The molecule has 0 aromatic rings. The van der Waals surface area contributed by atoms with Gasteiger partial charge in [-0.05, 0) is 39.0 Å². The molecule has 0 saturated carbocycles. The Hall–Kier alpha value is -1.36. The molecule has 1 aliphatic carbocycles. The summed E-state index contributed by atoms with van der Waals surface area (Å²) in [5.41, 5.74) is 0.0762. The molecular formula is C15H26N2O3. The lowest BCUT2D eigenvalue weighted by molar-refractivity contribution is -0.145. The molecule has 20 heavy (non-hydrogen) atoms. The Morgan fingerprint density at radius 1 is 1.35 bits per heavy atom. The smallest absolute Gasteiger partial charge is 0.323 e. The minimum atomic E-state index is -1.00. The van der Waals surface area contributed by atoms with Crippen molar-refractivity contribution in [1.29, 1.82) is 0 Å². The van der Waals surface area contributed by atoms with Gasteiger partial charge in [-0.1, -0.05) is 19.9 Å². The van der Waals surface area contributed by atoms with Gasteiger partial charge in [-0.3, -0.25) is 14.9 Å². The Bertz CT molecular complexity index is 387. The second-order valence-electron chi connectivity index (χ2n) is 5.17. The molecule has 0 unspecified atom stereocenters. The van der Waals surface area contributed by atoms with Gasteiger partial charge in [-0.25, -0.2) is 0 Å². The lowest BCUT2D eigenvalue weighted by atomic mass is 9.93. The van der Waals surface area contributed by atoms with Crippen LogP contribution in [0.5, 0.6) is 0 Å². The second kappa shape index (κ2) is 7.43. The summed E-state index contributed by atoms with van der Waals surface area (Å²) < 4.78 is 0. The number of allylic oxidation sites excluding steroid dienone is 2. The number of aliphatic carboxylic acids is 1. The fourth-order valence-electron chi connectivity index (χ4n) is 2.66. The highest BCUT2D eigenvalue weighted by Crippen LogP contribution is 2.21. The predicted molar refractivity (Wildman–Crippen MR) is 78.3 cm³/mol. The Labute approximate surface area is 121 Å². The standard InChI is InChI=1S/C15H26N2O3/c1-4-15(5-2,14(19)20)16-11-13(18)17(6-3)12-9-7-8-10-12/h9,16H,4-8,10-11H2,1-3H3,(H,19,20). The van der Waals surface area contributed by atoms with Gasteiger partial charge >= 0.3 is 5.97 Å². The quantitative estimate of drug-likeness (QED) is 0.715. The number of nitrogens with one attached hydrogen (secondary N) is 1. The monoisotopic (exact) mass is 282 g/mol. The first-order valence-electron chi connectivity index (χ1n) is 7.48. The minimum Gasteiger partial charge on any atom is -0.480 e. The fourth-order valence-corrected chi connectivity index (χ4v) is 2.66. The highest BCUT2D eigenvalue weighted by Gasteiger charge is 2.35. The maximum Gasteiger partial charge on any atom is 0.323 e. The lowest BCUT2D eigenvalue weighted by Gasteiger charge is -2.30. The predicted octanol–water partition coefficient (Wildman–Crippen LogP) is 2.14. The summed E-state index contributed by atoms with van der Waals surface area (Å²) in [7, 11) is 0. The number of carbonyl (C=O) groups is 2. The summed E-state index contributed by atoms with van der Waals surface area (Å²) >= 11 is 0. The normalized spacial score (nSPS) is 15.1. The van der Waals surface area contributed by atoms with E-state index in [-0.39, 0.29) is 12.5 Å². The van der Waals surface area contributed by atoms with E-state index < -0.39 is 11.5 Å². The Kier molecular flexibility index (Phi) is 6.20. The SMILES string of the molecule is CCN(C(=O)CNC(CC)(CC)C(=O)O)C1=CCCC1. The van der Waals surface area contributed by atoms with Crippen LogP contribution in [0.1, 0.15) is 52.9 Å². The maximum absolute atomic E-state index is 12.3. The minimum absolute atomic E-state index is 0.0480. The van der Waals surface area contributed by atoms with Crippen LogP contribution in [0.25, 0.3) is 0 Å². The summed E-state index contributed by atoms with van der Waals surface area (Å²) in [4.78, 5) is 25.4. The van der Waals surface area contributed by atoms with Crippen molar-refractivity contribution in [2.24, 2.45) is 0 Å². The van der Waals surface area contributed by atoms with Crippen LogP contribution in [-0.2, 0) is 9.59 Å². The first-order valence-corrected chi connectivity index (χ1v) is 7.48. The lowest BCUT2D eigenvalue weighted by Crippen LogP contribution is -2.54. The van der Waals surface area contributed by atoms with Crippen molar-refractivity contribution in [3.05, 3.63) is 11.8 Å². The van der Waals surface area contributed by atoms with Crippen LogP contribution in [0.4, 0.5) is 0 Å². The summed E-state index contributed by atoms with van der Waals surface area (Å²) in [6.45, 7) is 6.29. The van der Waals surface area contributed by atoms with E-state index in [0.717, 1.165) is 25.0 Å². The molecule has 0 heterocycles. The van der Waals surface area contributed by atoms with E-state index in [1.807, 2.05) is 20.8 Å². The molecule has 1 amide bonds. The van der Waals surface area contributed by atoms with Gasteiger partial charge in [0.25, 0.3) is 0 Å². The van der Waals surface area contributed by atoms with Crippen molar-refractivity contribution in [2.45, 2.75) is 58.4 Å². The van der Waals surface area contributed by atoms with Crippen molar-refractivity contribution in [3.8, 4) is 0 Å². The number of rotatable bonds is 8. The van der Waals surface area contributed by atoms with Gasteiger partial charge < -0.3 is 10.0 Å². The summed E-state index contributed by atoms with van der Waals surface area (Å²) in [5.74, 6) is -0.938. The molecule has 0 saturated heterocycles. The Morgan fingerprint density at radius 3 is 2.40 bits per heavy atom. The third kappa shape index (κ3) is 3.60. The molecule has 5 nitrogen and oxygen atoms in total. The van der Waals surface area contributed by atoms with Gasteiger partial charge in [0.15, 0.2) is 0 Å². The number of carbonyl (C=O) groups excluding carboxylic acids is 1. The maximum atomic E-state index is 12.3. The molecule has 0 spiro atoms. The van der Waals surface area contributed by atoms with Crippen LogP contribution in [0.15, 0.2) is 11.8 Å². The molecule has 0 atom stereocenters. The number of hydrogen-bond donors (Lipinski definition) is 2. The van der Waals surface area contributed by atoms with Gasteiger partial charge in [0, 0.05) is 12.2 Å². The van der Waals surface area contributed by atoms with Crippen LogP contribution in [0, 0.1) is 0 Å². The molecule has 1 aliphatic rings. The second-order valence-corrected chi connectivity index (χ2v) is 5.17. The van der Waals surface area contributed by atoms with Gasteiger partial charge in [0.2, 0.25) is 5.91 Å². The number of likely N-dealkylation sites (N-methyl/N-ethyl adjacent to an activating group) is 1. The van der Waals surface area contributed by atoms with Gasteiger partial charge in [-0.2, -0.15) is 0 Å². The van der Waals surface area contributed by atoms with Crippen molar-refractivity contribution in [3.63, 3.8) is 0 Å². The van der Waals surface area contributed by atoms with Crippen LogP contribution >= 0.6 is 0 Å². The number of hydrogen-bond acceptors (Lipinski definition) is 3. The highest BCUT2D eigenvalue weighted by molar-refractivity contribution is 5.83.